The largest absolute Gasteiger partial charge is 0.486 e. The number of carbonyl (C=O) groups excluding carboxylic acids is 1. The van der Waals surface area contributed by atoms with Crippen molar-refractivity contribution in [3.05, 3.63) is 176 Å². The van der Waals surface area contributed by atoms with Crippen molar-refractivity contribution >= 4 is 43.8 Å². The van der Waals surface area contributed by atoms with Crippen molar-refractivity contribution < 1.29 is 38.0 Å². The molecule has 0 fully saturated rings. The summed E-state index contributed by atoms with van der Waals surface area (Å²) in [5.74, 6) is 1.58. The molecule has 8 aromatic rings. The molecular weight excluding hydrogens is 920 g/mol. The summed E-state index contributed by atoms with van der Waals surface area (Å²) in [7, 11) is 0. The van der Waals surface area contributed by atoms with E-state index in [9.17, 15) is 14.7 Å². The zero-order valence-corrected chi connectivity index (χ0v) is 37.7. The maximum Gasteiger partial charge on any atom is 0.338 e. The Balaban J connectivity index is 0.000000187. The molecule has 0 spiro atoms. The van der Waals surface area contributed by atoms with Gasteiger partial charge in [0.1, 0.15) is 47.6 Å². The summed E-state index contributed by atoms with van der Waals surface area (Å²) in [6.07, 6.45) is 0. The summed E-state index contributed by atoms with van der Waals surface area (Å²) in [6.45, 7) is 10.4. The zero-order chi connectivity index (χ0) is 43.9. The number of benzene rings is 4. The van der Waals surface area contributed by atoms with Gasteiger partial charge in [0.05, 0.1) is 29.1 Å². The third-order valence-electron chi connectivity index (χ3n) is 9.66. The van der Waals surface area contributed by atoms with Crippen molar-refractivity contribution in [2.75, 3.05) is 6.61 Å². The van der Waals surface area contributed by atoms with Gasteiger partial charge in [0.15, 0.2) is 0 Å². The van der Waals surface area contributed by atoms with Crippen LogP contribution in [0.4, 0.5) is 0 Å². The van der Waals surface area contributed by atoms with Crippen LogP contribution in [-0.4, -0.2) is 43.1 Å². The number of nitrogens with zero attached hydrogens (tertiary/aromatic N) is 4. The second kappa shape index (κ2) is 19.4. The molecule has 0 amide bonds. The van der Waals surface area contributed by atoms with E-state index in [0.29, 0.717) is 30.2 Å². The number of aryl methyl sites for hydroxylation is 4. The number of halogens is 2. The SMILES string of the molecule is CCOC(=O)c1cccc(-n2c(C)ccc2-c2cc(Br)ccc2OCc2cc(C)on2)c1.Cc1cc(COc2ccc(Br)cc2-c2ccc(C)n2-c2cccc(C(=O)O)c2)no1. The summed E-state index contributed by atoms with van der Waals surface area (Å²) in [5, 5.41) is 17.4. The average Bonchev–Trinajstić information content (AvgIpc) is 4.07. The van der Waals surface area contributed by atoms with Crippen molar-refractivity contribution in [3.63, 3.8) is 0 Å². The van der Waals surface area contributed by atoms with E-state index in [1.807, 2.05) is 129 Å². The van der Waals surface area contributed by atoms with E-state index in [4.69, 9.17) is 23.3 Å². The highest BCUT2D eigenvalue weighted by atomic mass is 79.9. The number of carboxylic acids is 1. The Morgan fingerprint density at radius 2 is 1.08 bits per heavy atom. The Hall–Kier alpha value is -6.64. The standard InChI is InChI=1S/C25H23BrN2O4.C23H19BrN2O4/c1-4-30-25(29)18-6-5-7-21(13-18)28-16(2)8-10-23(28)22-14-19(26)9-11-24(22)31-15-20-12-17(3)32-27-20;1-14-6-8-21(26(14)19-5-3-4-16(11-19)23(27)28)20-12-17(24)7-9-22(20)29-13-18-10-15(2)30-25-18/h5-14H,4,15H2,1-3H3;3-12H,13H2,1-2H3,(H,27,28). The molecule has 12 nitrogen and oxygen atoms in total. The zero-order valence-electron chi connectivity index (χ0n) is 34.5. The van der Waals surface area contributed by atoms with Crippen LogP contribution < -0.4 is 9.47 Å². The Bertz CT molecular complexity index is 2870. The Kier molecular flexibility index (Phi) is 13.6. The smallest absolute Gasteiger partial charge is 0.338 e. The van der Waals surface area contributed by atoms with Crippen molar-refractivity contribution in [1.82, 2.24) is 19.4 Å². The molecule has 0 unspecified atom stereocenters. The highest BCUT2D eigenvalue weighted by molar-refractivity contribution is 9.10. The Labute approximate surface area is 374 Å². The van der Waals surface area contributed by atoms with Crippen LogP contribution in [0, 0.1) is 27.7 Å². The molecule has 4 aromatic heterocycles. The van der Waals surface area contributed by atoms with Gasteiger partial charge in [-0.05, 0) is 132 Å². The lowest BCUT2D eigenvalue weighted by Gasteiger charge is -2.16. The third kappa shape index (κ3) is 10.1. The van der Waals surface area contributed by atoms with E-state index in [1.165, 1.54) is 0 Å². The van der Waals surface area contributed by atoms with Gasteiger partial charge >= 0.3 is 11.9 Å². The van der Waals surface area contributed by atoms with Crippen LogP contribution in [-0.2, 0) is 18.0 Å². The molecule has 4 heterocycles. The van der Waals surface area contributed by atoms with Crippen LogP contribution >= 0.6 is 31.9 Å². The molecule has 316 valence electrons. The first-order chi connectivity index (χ1) is 29.9. The Morgan fingerprint density at radius 3 is 1.52 bits per heavy atom. The van der Waals surface area contributed by atoms with Crippen LogP contribution in [0.2, 0.25) is 0 Å². The quantitative estimate of drug-likeness (QED) is 0.111. The second-order valence-electron chi connectivity index (χ2n) is 14.2. The molecule has 4 aromatic carbocycles. The second-order valence-corrected chi connectivity index (χ2v) is 16.1. The molecule has 0 aliphatic rings. The summed E-state index contributed by atoms with van der Waals surface area (Å²) >= 11 is 7.12. The number of hydrogen-bond acceptors (Lipinski definition) is 9. The fraction of sp³-hybridized carbons (Fsp3) is 0.167. The third-order valence-corrected chi connectivity index (χ3v) is 10.6. The molecule has 0 bridgehead atoms. The van der Waals surface area contributed by atoms with Crippen LogP contribution in [0.3, 0.4) is 0 Å². The van der Waals surface area contributed by atoms with Gasteiger partial charge in [-0.2, -0.15) is 0 Å². The fourth-order valence-electron chi connectivity index (χ4n) is 6.88. The van der Waals surface area contributed by atoms with Gasteiger partial charge in [-0.25, -0.2) is 9.59 Å². The number of rotatable bonds is 13. The van der Waals surface area contributed by atoms with Crippen LogP contribution in [0.1, 0.15) is 61.9 Å². The van der Waals surface area contributed by atoms with Crippen molar-refractivity contribution in [1.29, 1.82) is 0 Å². The van der Waals surface area contributed by atoms with E-state index in [0.717, 1.165) is 77.2 Å². The lowest BCUT2D eigenvalue weighted by Crippen LogP contribution is -2.07. The molecule has 8 rings (SSSR count). The number of hydrogen-bond donors (Lipinski definition) is 1. The van der Waals surface area contributed by atoms with E-state index >= 15 is 0 Å². The van der Waals surface area contributed by atoms with Gasteiger partial charge in [-0.1, -0.05) is 54.3 Å². The maximum atomic E-state index is 12.3. The number of carbonyl (C=O) groups is 2. The molecule has 0 aliphatic carbocycles. The molecule has 1 N–H and O–H groups in total. The predicted molar refractivity (Wildman–Crippen MR) is 241 cm³/mol. The highest BCUT2D eigenvalue weighted by Gasteiger charge is 2.19. The van der Waals surface area contributed by atoms with Crippen LogP contribution in [0.5, 0.6) is 11.5 Å². The summed E-state index contributed by atoms with van der Waals surface area (Å²) in [4.78, 5) is 23.7. The van der Waals surface area contributed by atoms with Gasteiger partial charge in [0, 0.05) is 55.0 Å². The number of carboxylic acid groups (broad SMARTS) is 1. The molecule has 14 heteroatoms. The first-order valence-corrected chi connectivity index (χ1v) is 21.1. The van der Waals surface area contributed by atoms with Crippen molar-refractivity contribution in [2.45, 2.75) is 47.8 Å². The molecule has 0 aliphatic heterocycles. The monoisotopic (exact) mass is 960 g/mol. The molecule has 0 atom stereocenters. The van der Waals surface area contributed by atoms with Gasteiger partial charge in [0.2, 0.25) is 0 Å². The minimum Gasteiger partial charge on any atom is -0.486 e. The van der Waals surface area contributed by atoms with Gasteiger partial charge in [-0.3, -0.25) is 0 Å². The van der Waals surface area contributed by atoms with E-state index in [-0.39, 0.29) is 18.1 Å². The first-order valence-electron chi connectivity index (χ1n) is 19.6. The van der Waals surface area contributed by atoms with Crippen molar-refractivity contribution in [3.8, 4) is 45.4 Å². The molecule has 0 saturated carbocycles. The lowest BCUT2D eigenvalue weighted by atomic mass is 10.1. The maximum absolute atomic E-state index is 12.3. The van der Waals surface area contributed by atoms with Gasteiger partial charge in [-0.15, -0.1) is 0 Å². The first kappa shape index (κ1) is 43.4. The number of aromatic nitrogens is 4. The van der Waals surface area contributed by atoms with E-state index < -0.39 is 5.97 Å². The lowest BCUT2D eigenvalue weighted by molar-refractivity contribution is 0.0525. The van der Waals surface area contributed by atoms with Gasteiger partial charge in [0.25, 0.3) is 0 Å². The minimum absolute atomic E-state index is 0.235. The van der Waals surface area contributed by atoms with Crippen LogP contribution in [0.25, 0.3) is 33.9 Å². The summed E-state index contributed by atoms with van der Waals surface area (Å²) in [5.41, 5.74) is 9.44. The number of aromatic carboxylic acids is 1. The highest BCUT2D eigenvalue weighted by Crippen LogP contribution is 2.38. The number of ether oxygens (including phenoxy) is 3. The minimum atomic E-state index is -0.961. The Morgan fingerprint density at radius 1 is 0.613 bits per heavy atom. The van der Waals surface area contributed by atoms with Crippen LogP contribution in [0.15, 0.2) is 139 Å². The molecule has 0 radical (unpaired) electrons. The normalized spacial score (nSPS) is 10.9. The molecule has 0 saturated heterocycles. The fourth-order valence-corrected chi connectivity index (χ4v) is 7.60. The van der Waals surface area contributed by atoms with Gasteiger partial charge < -0.3 is 37.5 Å². The summed E-state index contributed by atoms with van der Waals surface area (Å²) < 4.78 is 33.5. The number of esters is 1. The van der Waals surface area contributed by atoms with E-state index in [2.05, 4.69) is 46.7 Å². The molecule has 62 heavy (non-hydrogen) atoms. The molecular formula is C48H42Br2N4O8. The van der Waals surface area contributed by atoms with E-state index in [1.54, 1.807) is 31.2 Å². The van der Waals surface area contributed by atoms with Crippen molar-refractivity contribution in [2.24, 2.45) is 0 Å². The summed E-state index contributed by atoms with van der Waals surface area (Å²) in [6, 6.07) is 37.7. The average molecular weight is 963 g/mol. The predicted octanol–water partition coefficient (Wildman–Crippen LogP) is 12.1. The topological polar surface area (TPSA) is 144 Å².